The molecule has 2 N–H and O–H groups in total. The number of benzene rings is 2. The summed E-state index contributed by atoms with van der Waals surface area (Å²) in [5.74, 6) is -0.497. The van der Waals surface area contributed by atoms with Crippen LogP contribution in [0.2, 0.25) is 0 Å². The van der Waals surface area contributed by atoms with E-state index in [1.165, 1.54) is 6.07 Å². The number of nitrogens with one attached hydrogen (secondary N) is 1. The summed E-state index contributed by atoms with van der Waals surface area (Å²) in [4.78, 5) is 15.1. The second kappa shape index (κ2) is 5.68. The zero-order valence-corrected chi connectivity index (χ0v) is 15.6. The maximum atomic E-state index is 11.9. The maximum Gasteiger partial charge on any atom is 0.337 e. The number of carboxylic acids is 1. The molecule has 0 aliphatic heterocycles. The average molecular weight is 384 g/mol. The molecule has 0 atom stereocenters. The smallest absolute Gasteiger partial charge is 0.337 e. The van der Waals surface area contributed by atoms with Crippen LogP contribution in [-0.2, 0) is 9.84 Å². The Morgan fingerprint density at radius 1 is 1.15 bits per heavy atom. The fourth-order valence-corrected chi connectivity index (χ4v) is 4.06. The Balaban J connectivity index is 2.14. The number of sulfone groups is 1. The van der Waals surface area contributed by atoms with Gasteiger partial charge in [-0.3, -0.25) is 0 Å². The highest BCUT2D eigenvalue weighted by Gasteiger charge is 2.20. The first-order valence-corrected chi connectivity index (χ1v) is 10.0. The van der Waals surface area contributed by atoms with Crippen LogP contribution in [0, 0.1) is 13.8 Å². The second-order valence-electron chi connectivity index (χ2n) is 6.56. The van der Waals surface area contributed by atoms with Gasteiger partial charge in [-0.1, -0.05) is 5.16 Å². The Morgan fingerprint density at radius 2 is 1.89 bits per heavy atom. The number of carboxylic acid groups (broad SMARTS) is 1. The third-order valence-corrected chi connectivity index (χ3v) is 5.77. The molecule has 27 heavy (non-hydrogen) atoms. The van der Waals surface area contributed by atoms with Crippen molar-refractivity contribution in [1.29, 1.82) is 0 Å². The van der Waals surface area contributed by atoms with Crippen molar-refractivity contribution in [2.24, 2.45) is 0 Å². The molecule has 7 nitrogen and oxygen atoms in total. The van der Waals surface area contributed by atoms with E-state index in [1.54, 1.807) is 32.0 Å². The number of aryl methyl sites for hydroxylation is 2. The van der Waals surface area contributed by atoms with E-state index in [0.29, 0.717) is 38.8 Å². The lowest BCUT2D eigenvalue weighted by Gasteiger charge is -2.05. The zero-order chi connectivity index (χ0) is 19.5. The molecule has 2 heterocycles. The van der Waals surface area contributed by atoms with E-state index in [2.05, 4.69) is 10.1 Å². The quantitative estimate of drug-likeness (QED) is 0.557. The molecule has 0 fully saturated rings. The molecule has 0 radical (unpaired) electrons. The molecule has 0 bridgehead atoms. The Kier molecular flexibility index (Phi) is 3.64. The Hall–Kier alpha value is -3.13. The van der Waals surface area contributed by atoms with E-state index in [9.17, 15) is 18.3 Å². The number of aromatic amines is 1. The van der Waals surface area contributed by atoms with Crippen LogP contribution in [-0.4, -0.2) is 35.9 Å². The largest absolute Gasteiger partial charge is 0.478 e. The number of hydrogen-bond donors (Lipinski definition) is 2. The highest BCUT2D eigenvalue weighted by Crippen LogP contribution is 2.36. The van der Waals surface area contributed by atoms with Crippen LogP contribution in [0.5, 0.6) is 0 Å². The number of aromatic carboxylic acids is 1. The lowest BCUT2D eigenvalue weighted by Crippen LogP contribution is -1.98. The highest BCUT2D eigenvalue weighted by molar-refractivity contribution is 7.90. The molecule has 0 amide bonds. The predicted octanol–water partition coefficient (Wildman–Crippen LogP) is 3.69. The monoisotopic (exact) mass is 384 g/mol. The fraction of sp³-hybridized carbons (Fsp3) is 0.158. The number of carbonyl (C=O) groups is 1. The summed E-state index contributed by atoms with van der Waals surface area (Å²) in [6, 6.07) is 8.12. The lowest BCUT2D eigenvalue weighted by molar-refractivity contribution is 0.0699. The molecule has 8 heteroatoms. The van der Waals surface area contributed by atoms with Gasteiger partial charge in [0.05, 0.1) is 21.7 Å². The van der Waals surface area contributed by atoms with Crippen molar-refractivity contribution in [2.45, 2.75) is 18.7 Å². The van der Waals surface area contributed by atoms with Crippen molar-refractivity contribution in [3.8, 4) is 11.1 Å². The van der Waals surface area contributed by atoms with Crippen LogP contribution in [0.1, 0.15) is 21.8 Å². The first-order valence-electron chi connectivity index (χ1n) is 8.13. The van der Waals surface area contributed by atoms with Gasteiger partial charge >= 0.3 is 5.97 Å². The molecular weight excluding hydrogens is 368 g/mol. The minimum absolute atomic E-state index is 0.0969. The van der Waals surface area contributed by atoms with Gasteiger partial charge in [-0.2, -0.15) is 0 Å². The Labute approximate surface area is 154 Å². The first-order chi connectivity index (χ1) is 12.7. The summed E-state index contributed by atoms with van der Waals surface area (Å²) in [7, 11) is -3.39. The van der Waals surface area contributed by atoms with Crippen molar-refractivity contribution in [3.05, 3.63) is 47.3 Å². The molecule has 0 aliphatic rings. The molecule has 0 unspecified atom stereocenters. The van der Waals surface area contributed by atoms with Gasteiger partial charge in [0.15, 0.2) is 9.84 Å². The van der Waals surface area contributed by atoms with Crippen LogP contribution in [0.15, 0.2) is 39.8 Å². The minimum atomic E-state index is -3.39. The van der Waals surface area contributed by atoms with Gasteiger partial charge < -0.3 is 14.6 Å². The van der Waals surface area contributed by atoms with Gasteiger partial charge in [-0.05, 0) is 49.7 Å². The number of hydrogen-bond acceptors (Lipinski definition) is 5. The van der Waals surface area contributed by atoms with Gasteiger partial charge in [-0.15, -0.1) is 0 Å². The van der Waals surface area contributed by atoms with Gasteiger partial charge in [-0.25, -0.2) is 13.2 Å². The van der Waals surface area contributed by atoms with Crippen molar-refractivity contribution >= 4 is 37.6 Å². The average Bonchev–Trinajstić information content (AvgIpc) is 3.12. The number of fused-ring (bicyclic) bond motifs is 3. The Morgan fingerprint density at radius 3 is 2.48 bits per heavy atom. The first kappa shape index (κ1) is 17.3. The van der Waals surface area contributed by atoms with E-state index in [-0.39, 0.29) is 10.5 Å². The molecule has 138 valence electrons. The number of nitrogens with zero attached hydrogens (tertiary/aromatic N) is 1. The van der Waals surface area contributed by atoms with E-state index in [1.807, 2.05) is 6.07 Å². The molecule has 0 saturated carbocycles. The van der Waals surface area contributed by atoms with Crippen molar-refractivity contribution in [3.63, 3.8) is 0 Å². The third kappa shape index (κ3) is 2.69. The van der Waals surface area contributed by atoms with Gasteiger partial charge in [0.25, 0.3) is 0 Å². The van der Waals surface area contributed by atoms with Crippen LogP contribution >= 0.6 is 0 Å². The van der Waals surface area contributed by atoms with Crippen molar-refractivity contribution in [1.82, 2.24) is 10.1 Å². The summed E-state index contributed by atoms with van der Waals surface area (Å²) in [6.07, 6.45) is 1.14. The molecule has 2 aromatic carbocycles. The van der Waals surface area contributed by atoms with Crippen LogP contribution < -0.4 is 0 Å². The molecule has 0 saturated heterocycles. The summed E-state index contributed by atoms with van der Waals surface area (Å²) >= 11 is 0. The van der Waals surface area contributed by atoms with Gasteiger partial charge in [0.2, 0.25) is 0 Å². The maximum absolute atomic E-state index is 11.9. The van der Waals surface area contributed by atoms with E-state index in [0.717, 1.165) is 11.8 Å². The van der Waals surface area contributed by atoms with Crippen LogP contribution in [0.25, 0.3) is 32.9 Å². The number of H-pyrrole nitrogens is 1. The summed E-state index contributed by atoms with van der Waals surface area (Å²) < 4.78 is 29.1. The predicted molar refractivity (Wildman–Crippen MR) is 101 cm³/mol. The van der Waals surface area contributed by atoms with Crippen LogP contribution in [0.3, 0.4) is 0 Å². The summed E-state index contributed by atoms with van der Waals surface area (Å²) in [5, 5.41) is 14.9. The third-order valence-electron chi connectivity index (χ3n) is 4.66. The zero-order valence-electron chi connectivity index (χ0n) is 14.8. The molecular formula is C19H16N2O5S. The minimum Gasteiger partial charge on any atom is -0.478 e. The second-order valence-corrected chi connectivity index (χ2v) is 8.57. The van der Waals surface area contributed by atoms with Crippen molar-refractivity contribution < 1.29 is 22.8 Å². The molecule has 0 aliphatic carbocycles. The molecule has 0 spiro atoms. The Bertz CT molecular complexity index is 1330. The standard InChI is InChI=1S/C19H16N2O5S/c1-9-17(10(2)26-21-9)11-6-14-13-8-12(27(3,24)25)4-5-16(13)20-18(14)15(7-11)19(22)23/h4-8,20H,1-3H3,(H,22,23). The fourth-order valence-electron chi connectivity index (χ4n) is 3.42. The molecule has 4 aromatic rings. The van der Waals surface area contributed by atoms with E-state index < -0.39 is 15.8 Å². The van der Waals surface area contributed by atoms with E-state index in [4.69, 9.17) is 4.52 Å². The highest BCUT2D eigenvalue weighted by atomic mass is 32.2. The van der Waals surface area contributed by atoms with E-state index >= 15 is 0 Å². The number of rotatable bonds is 3. The van der Waals surface area contributed by atoms with Gasteiger partial charge in [0, 0.05) is 28.1 Å². The summed E-state index contributed by atoms with van der Waals surface area (Å²) in [6.45, 7) is 3.55. The molecule has 2 aromatic heterocycles. The topological polar surface area (TPSA) is 113 Å². The molecule has 4 rings (SSSR count). The van der Waals surface area contributed by atoms with Crippen LogP contribution in [0.4, 0.5) is 0 Å². The lowest BCUT2D eigenvalue weighted by atomic mass is 9.98. The SMILES string of the molecule is Cc1noc(C)c1-c1cc(C(=O)O)c2[nH]c3ccc(S(C)(=O)=O)cc3c2c1. The number of aromatic nitrogens is 2. The van der Waals surface area contributed by atoms with Gasteiger partial charge in [0.1, 0.15) is 5.76 Å². The van der Waals surface area contributed by atoms with Crippen molar-refractivity contribution in [2.75, 3.05) is 6.26 Å². The normalized spacial score (nSPS) is 12.1. The summed E-state index contributed by atoms with van der Waals surface area (Å²) in [5.41, 5.74) is 3.24.